The number of allylic oxidation sites excluding steroid dienone is 1. The molecule has 1 heterocycles. The first kappa shape index (κ1) is 19.6. The highest BCUT2D eigenvalue weighted by atomic mass is 35.5. The fourth-order valence-electron chi connectivity index (χ4n) is 3.13. The minimum absolute atomic E-state index is 0.174. The molecule has 0 spiro atoms. The summed E-state index contributed by atoms with van der Waals surface area (Å²) in [5, 5.41) is 0.882. The van der Waals surface area contributed by atoms with Crippen LogP contribution in [0.5, 0.6) is 11.5 Å². The molecule has 0 N–H and O–H groups in total. The monoisotopic (exact) mass is 424 g/mol. The molecule has 0 saturated heterocycles. The highest BCUT2D eigenvalue weighted by molar-refractivity contribution is 6.42. The summed E-state index contributed by atoms with van der Waals surface area (Å²) >= 11 is 12.0. The van der Waals surface area contributed by atoms with Gasteiger partial charge in [-0.05, 0) is 60.9 Å². The van der Waals surface area contributed by atoms with Crippen molar-refractivity contribution in [3.8, 4) is 11.5 Å². The molecule has 0 radical (unpaired) electrons. The number of aryl methyl sites for hydroxylation is 2. The smallest absolute Gasteiger partial charge is 0.231 e. The molecule has 0 aliphatic carbocycles. The molecule has 29 heavy (non-hydrogen) atoms. The Morgan fingerprint density at radius 3 is 2.59 bits per heavy atom. The van der Waals surface area contributed by atoms with Gasteiger partial charge in [0.25, 0.3) is 0 Å². The molecule has 3 nitrogen and oxygen atoms in total. The van der Waals surface area contributed by atoms with Crippen molar-refractivity contribution in [2.75, 3.05) is 0 Å². The molecule has 0 saturated carbocycles. The van der Waals surface area contributed by atoms with Crippen molar-refractivity contribution >= 4 is 35.1 Å². The predicted octanol–water partition coefficient (Wildman–Crippen LogP) is 6.81. The van der Waals surface area contributed by atoms with Crippen LogP contribution in [-0.2, 0) is 6.61 Å². The lowest BCUT2D eigenvalue weighted by atomic mass is 10.1. The normalized spacial score (nSPS) is 14.1. The molecule has 0 bridgehead atoms. The van der Waals surface area contributed by atoms with E-state index >= 15 is 0 Å². The van der Waals surface area contributed by atoms with Crippen molar-refractivity contribution in [2.45, 2.75) is 20.5 Å². The first-order chi connectivity index (χ1) is 13.9. The third kappa shape index (κ3) is 4.16. The van der Waals surface area contributed by atoms with Crippen LogP contribution in [0.25, 0.3) is 6.08 Å². The van der Waals surface area contributed by atoms with Crippen molar-refractivity contribution in [3.05, 3.63) is 98.2 Å². The van der Waals surface area contributed by atoms with Gasteiger partial charge in [0.1, 0.15) is 18.1 Å². The van der Waals surface area contributed by atoms with Crippen LogP contribution in [0.4, 0.5) is 0 Å². The molecule has 4 rings (SSSR count). The van der Waals surface area contributed by atoms with Crippen LogP contribution in [0.3, 0.4) is 0 Å². The van der Waals surface area contributed by atoms with Crippen LogP contribution in [0.1, 0.15) is 32.6 Å². The van der Waals surface area contributed by atoms with Crippen molar-refractivity contribution in [3.63, 3.8) is 0 Å². The lowest BCUT2D eigenvalue weighted by Crippen LogP contribution is -1.99. The van der Waals surface area contributed by atoms with Crippen LogP contribution in [0.2, 0.25) is 10.0 Å². The minimum atomic E-state index is -0.174. The highest BCUT2D eigenvalue weighted by Crippen LogP contribution is 2.35. The van der Waals surface area contributed by atoms with Crippen molar-refractivity contribution in [1.29, 1.82) is 0 Å². The maximum Gasteiger partial charge on any atom is 0.231 e. The molecule has 0 fully saturated rings. The van der Waals surface area contributed by atoms with E-state index in [9.17, 15) is 4.79 Å². The van der Waals surface area contributed by atoms with E-state index in [1.165, 1.54) is 11.1 Å². The summed E-state index contributed by atoms with van der Waals surface area (Å²) in [6.07, 6.45) is 1.65. The SMILES string of the molecule is Cc1ccc(C)c(COc2ccc3c(c2)OC(=Cc2ccc(Cl)c(Cl)c2)C3=O)c1. The predicted molar refractivity (Wildman–Crippen MR) is 116 cm³/mol. The zero-order valence-corrected chi connectivity index (χ0v) is 17.5. The van der Waals surface area contributed by atoms with Gasteiger partial charge in [0.2, 0.25) is 5.78 Å². The fourth-order valence-corrected chi connectivity index (χ4v) is 3.43. The van der Waals surface area contributed by atoms with Crippen LogP contribution in [-0.4, -0.2) is 5.78 Å². The number of benzene rings is 3. The summed E-state index contributed by atoms with van der Waals surface area (Å²) in [6.45, 7) is 4.56. The van der Waals surface area contributed by atoms with E-state index < -0.39 is 0 Å². The molecule has 3 aromatic rings. The Morgan fingerprint density at radius 1 is 0.966 bits per heavy atom. The van der Waals surface area contributed by atoms with E-state index in [-0.39, 0.29) is 11.5 Å². The van der Waals surface area contributed by atoms with Crippen LogP contribution < -0.4 is 9.47 Å². The number of carbonyl (C=O) groups is 1. The Bertz CT molecular complexity index is 1150. The van der Waals surface area contributed by atoms with Crippen LogP contribution >= 0.6 is 23.2 Å². The quantitative estimate of drug-likeness (QED) is 0.431. The van der Waals surface area contributed by atoms with Gasteiger partial charge < -0.3 is 9.47 Å². The molecule has 0 amide bonds. The first-order valence-electron chi connectivity index (χ1n) is 9.13. The summed E-state index contributed by atoms with van der Waals surface area (Å²) in [5.41, 5.74) is 4.74. The van der Waals surface area contributed by atoms with Gasteiger partial charge in [0.15, 0.2) is 5.76 Å². The topological polar surface area (TPSA) is 35.5 Å². The second-order valence-electron chi connectivity index (χ2n) is 6.99. The number of rotatable bonds is 4. The second kappa shape index (κ2) is 7.94. The van der Waals surface area contributed by atoms with E-state index in [0.717, 1.165) is 11.1 Å². The number of halogens is 2. The Morgan fingerprint density at radius 2 is 1.79 bits per heavy atom. The third-order valence-corrected chi connectivity index (χ3v) is 5.52. The van der Waals surface area contributed by atoms with Crippen LogP contribution in [0, 0.1) is 13.8 Å². The van der Waals surface area contributed by atoms with Crippen LogP contribution in [0.15, 0.2) is 60.4 Å². The largest absolute Gasteiger partial charge is 0.489 e. The maximum absolute atomic E-state index is 12.6. The molecule has 5 heteroatoms. The van der Waals surface area contributed by atoms with Crippen molar-refractivity contribution in [2.24, 2.45) is 0 Å². The molecule has 1 aliphatic rings. The Labute approximate surface area is 179 Å². The third-order valence-electron chi connectivity index (χ3n) is 4.78. The number of fused-ring (bicyclic) bond motifs is 1. The van der Waals surface area contributed by atoms with E-state index in [2.05, 4.69) is 32.0 Å². The number of hydrogen-bond donors (Lipinski definition) is 0. The highest BCUT2D eigenvalue weighted by Gasteiger charge is 2.27. The summed E-state index contributed by atoms with van der Waals surface area (Å²) in [5.74, 6) is 1.20. The van der Waals surface area contributed by atoms with Gasteiger partial charge in [-0.25, -0.2) is 0 Å². The Kier molecular flexibility index (Phi) is 5.35. The van der Waals surface area contributed by atoms with Gasteiger partial charge in [-0.15, -0.1) is 0 Å². The number of ketones is 1. The zero-order valence-electron chi connectivity index (χ0n) is 16.0. The molecule has 3 aromatic carbocycles. The molecule has 0 unspecified atom stereocenters. The average molecular weight is 425 g/mol. The summed E-state index contributed by atoms with van der Waals surface area (Å²) in [7, 11) is 0. The molecule has 1 aliphatic heterocycles. The summed E-state index contributed by atoms with van der Waals surface area (Å²) in [4.78, 5) is 12.6. The van der Waals surface area contributed by atoms with E-state index in [4.69, 9.17) is 32.7 Å². The standard InChI is InChI=1S/C24H18Cl2O3/c1-14-3-4-15(2)17(9-14)13-28-18-6-7-19-22(12-18)29-23(24(19)27)11-16-5-8-20(25)21(26)10-16/h3-12H,13H2,1-2H3. The van der Waals surface area contributed by atoms with Crippen molar-refractivity contribution < 1.29 is 14.3 Å². The maximum atomic E-state index is 12.6. The lowest BCUT2D eigenvalue weighted by Gasteiger charge is -2.10. The fraction of sp³-hybridized carbons (Fsp3) is 0.125. The second-order valence-corrected chi connectivity index (χ2v) is 7.80. The average Bonchev–Trinajstić information content (AvgIpc) is 3.00. The zero-order chi connectivity index (χ0) is 20.5. The van der Waals surface area contributed by atoms with E-state index in [1.807, 2.05) is 0 Å². The number of hydrogen-bond acceptors (Lipinski definition) is 3. The molecule has 0 atom stereocenters. The van der Waals surface area contributed by atoms with E-state index in [1.54, 1.807) is 42.5 Å². The summed E-state index contributed by atoms with van der Waals surface area (Å²) in [6, 6.07) is 16.7. The molecular weight excluding hydrogens is 407 g/mol. The lowest BCUT2D eigenvalue weighted by molar-refractivity contribution is 0.101. The molecule has 0 aromatic heterocycles. The number of carbonyl (C=O) groups excluding carboxylic acids is 1. The summed E-state index contributed by atoms with van der Waals surface area (Å²) < 4.78 is 11.7. The number of Topliss-reactive ketones (excluding diaryl/α,β-unsaturated/α-hetero) is 1. The van der Waals surface area contributed by atoms with Gasteiger partial charge >= 0.3 is 0 Å². The number of ether oxygens (including phenoxy) is 2. The Balaban J connectivity index is 1.53. The molecular formula is C24H18Cl2O3. The van der Waals surface area contributed by atoms with Gasteiger partial charge in [0.05, 0.1) is 15.6 Å². The van der Waals surface area contributed by atoms with Gasteiger partial charge in [-0.2, -0.15) is 0 Å². The van der Waals surface area contributed by atoms with Gasteiger partial charge in [-0.3, -0.25) is 4.79 Å². The minimum Gasteiger partial charge on any atom is -0.489 e. The first-order valence-corrected chi connectivity index (χ1v) is 9.88. The molecule has 146 valence electrons. The van der Waals surface area contributed by atoms with Gasteiger partial charge in [0, 0.05) is 6.07 Å². The van der Waals surface area contributed by atoms with Crippen molar-refractivity contribution in [1.82, 2.24) is 0 Å². The van der Waals surface area contributed by atoms with Gasteiger partial charge in [-0.1, -0.05) is 53.0 Å². The van der Waals surface area contributed by atoms with E-state index in [0.29, 0.717) is 33.7 Å². The Hall–Kier alpha value is -2.75.